The first-order valence-corrected chi connectivity index (χ1v) is 12.3. The molecular formula is C27H36FN3O4. The SMILES string of the molecule is CCc1cccc(CNCC(O)C2Cc3cc(F)cc(c3)OCCCCC(=O)N(C)CC(=O)N2)c1. The molecule has 2 atom stereocenters. The Bertz CT molecular complexity index is 1000. The number of hydrogen-bond donors (Lipinski definition) is 3. The number of carbonyl (C=O) groups excluding carboxylic acids is 2. The number of aliphatic hydroxyl groups is 1. The first-order chi connectivity index (χ1) is 16.8. The van der Waals surface area contributed by atoms with Crippen LogP contribution in [-0.2, 0) is 29.0 Å². The number of amides is 2. The molecule has 0 fully saturated rings. The third-order valence-corrected chi connectivity index (χ3v) is 6.14. The number of likely N-dealkylation sites (N-methyl/N-ethyl adjacent to an activating group) is 1. The highest BCUT2D eigenvalue weighted by atomic mass is 19.1. The average Bonchev–Trinajstić information content (AvgIpc) is 2.82. The van der Waals surface area contributed by atoms with Crippen molar-refractivity contribution in [2.24, 2.45) is 0 Å². The van der Waals surface area contributed by atoms with E-state index in [0.717, 1.165) is 12.0 Å². The van der Waals surface area contributed by atoms with Crippen LogP contribution in [0, 0.1) is 5.82 Å². The lowest BCUT2D eigenvalue weighted by Gasteiger charge is -2.26. The van der Waals surface area contributed by atoms with Crippen LogP contribution in [0.5, 0.6) is 5.75 Å². The molecule has 0 saturated carbocycles. The van der Waals surface area contributed by atoms with E-state index in [0.29, 0.717) is 43.7 Å². The lowest BCUT2D eigenvalue weighted by molar-refractivity contribution is -0.135. The molecule has 2 aromatic rings. The predicted octanol–water partition coefficient (Wildman–Crippen LogP) is 2.59. The van der Waals surface area contributed by atoms with E-state index in [9.17, 15) is 19.1 Å². The number of aryl methyl sites for hydroxylation is 1. The summed E-state index contributed by atoms with van der Waals surface area (Å²) in [7, 11) is 1.59. The molecule has 1 aliphatic rings. The van der Waals surface area contributed by atoms with Crippen molar-refractivity contribution in [2.45, 2.75) is 57.7 Å². The number of carbonyl (C=O) groups is 2. The van der Waals surface area contributed by atoms with Gasteiger partial charge in [-0.25, -0.2) is 4.39 Å². The van der Waals surface area contributed by atoms with Gasteiger partial charge in [-0.05, 0) is 54.5 Å². The highest BCUT2D eigenvalue weighted by Gasteiger charge is 2.24. The zero-order valence-corrected chi connectivity index (χ0v) is 20.6. The molecule has 0 spiro atoms. The van der Waals surface area contributed by atoms with Gasteiger partial charge in [0.05, 0.1) is 25.3 Å². The molecule has 2 aromatic carbocycles. The minimum Gasteiger partial charge on any atom is -0.493 e. The second-order valence-electron chi connectivity index (χ2n) is 9.10. The number of halogens is 1. The molecule has 1 heterocycles. The summed E-state index contributed by atoms with van der Waals surface area (Å²) in [6, 6.07) is 12.0. The van der Waals surface area contributed by atoms with E-state index in [4.69, 9.17) is 4.74 Å². The zero-order chi connectivity index (χ0) is 25.2. The van der Waals surface area contributed by atoms with Crippen LogP contribution >= 0.6 is 0 Å². The van der Waals surface area contributed by atoms with Gasteiger partial charge in [-0.2, -0.15) is 0 Å². The lowest BCUT2D eigenvalue weighted by Crippen LogP contribution is -2.51. The highest BCUT2D eigenvalue weighted by Crippen LogP contribution is 2.19. The number of nitrogens with zero attached hydrogens (tertiary/aromatic N) is 1. The fraction of sp³-hybridized carbons (Fsp3) is 0.481. The number of hydrogen-bond acceptors (Lipinski definition) is 5. The van der Waals surface area contributed by atoms with Crippen LogP contribution in [-0.4, -0.2) is 60.7 Å². The van der Waals surface area contributed by atoms with E-state index >= 15 is 0 Å². The van der Waals surface area contributed by atoms with Crippen molar-refractivity contribution in [3.8, 4) is 5.75 Å². The van der Waals surface area contributed by atoms with Crippen molar-refractivity contribution in [3.05, 3.63) is 65.0 Å². The van der Waals surface area contributed by atoms with E-state index in [1.165, 1.54) is 22.6 Å². The van der Waals surface area contributed by atoms with Gasteiger partial charge in [0.2, 0.25) is 11.8 Å². The van der Waals surface area contributed by atoms with E-state index in [1.54, 1.807) is 13.1 Å². The molecule has 0 aliphatic carbocycles. The Balaban J connectivity index is 1.72. The van der Waals surface area contributed by atoms with Gasteiger partial charge in [0.1, 0.15) is 11.6 Å². The number of rotatable bonds is 6. The second kappa shape index (κ2) is 13.2. The Labute approximate surface area is 206 Å². The summed E-state index contributed by atoms with van der Waals surface area (Å²) in [5.74, 6) is -0.546. The summed E-state index contributed by atoms with van der Waals surface area (Å²) in [5.41, 5.74) is 2.95. The van der Waals surface area contributed by atoms with Gasteiger partial charge in [-0.1, -0.05) is 31.2 Å². The molecule has 0 aromatic heterocycles. The van der Waals surface area contributed by atoms with Gasteiger partial charge < -0.3 is 25.4 Å². The second-order valence-corrected chi connectivity index (χ2v) is 9.10. The van der Waals surface area contributed by atoms with Crippen LogP contribution in [0.25, 0.3) is 0 Å². The number of nitrogens with one attached hydrogen (secondary N) is 2. The molecule has 0 radical (unpaired) electrons. The molecule has 0 saturated heterocycles. The van der Waals surface area contributed by atoms with E-state index in [-0.39, 0.29) is 31.3 Å². The molecule has 2 bridgehead atoms. The van der Waals surface area contributed by atoms with Crippen LogP contribution < -0.4 is 15.4 Å². The molecule has 2 amide bonds. The minimum absolute atomic E-state index is 0.107. The molecule has 190 valence electrons. The van der Waals surface area contributed by atoms with Crippen molar-refractivity contribution in [2.75, 3.05) is 26.7 Å². The number of aliphatic hydroxyl groups excluding tert-OH is 1. The summed E-state index contributed by atoms with van der Waals surface area (Å²) in [6.45, 7) is 3.16. The zero-order valence-electron chi connectivity index (χ0n) is 20.6. The topological polar surface area (TPSA) is 90.9 Å². The fourth-order valence-corrected chi connectivity index (χ4v) is 4.14. The van der Waals surface area contributed by atoms with Crippen LogP contribution in [0.4, 0.5) is 4.39 Å². The number of benzene rings is 2. The van der Waals surface area contributed by atoms with Crippen LogP contribution in [0.15, 0.2) is 42.5 Å². The lowest BCUT2D eigenvalue weighted by atomic mass is 10.00. The van der Waals surface area contributed by atoms with Crippen molar-refractivity contribution in [1.82, 2.24) is 15.5 Å². The number of fused-ring (bicyclic) bond motifs is 2. The Morgan fingerprint density at radius 1 is 1.20 bits per heavy atom. The fourth-order valence-electron chi connectivity index (χ4n) is 4.14. The molecule has 1 aliphatic heterocycles. The van der Waals surface area contributed by atoms with Gasteiger partial charge in [-0.15, -0.1) is 0 Å². The van der Waals surface area contributed by atoms with Crippen LogP contribution in [0.2, 0.25) is 0 Å². The number of ether oxygens (including phenoxy) is 1. The van der Waals surface area contributed by atoms with E-state index in [2.05, 4.69) is 29.7 Å². The van der Waals surface area contributed by atoms with E-state index < -0.39 is 18.0 Å². The summed E-state index contributed by atoms with van der Waals surface area (Å²) >= 11 is 0. The van der Waals surface area contributed by atoms with Crippen molar-refractivity contribution < 1.29 is 23.8 Å². The molecule has 8 heteroatoms. The molecule has 3 N–H and O–H groups in total. The Morgan fingerprint density at radius 3 is 2.80 bits per heavy atom. The van der Waals surface area contributed by atoms with Crippen LogP contribution in [0.3, 0.4) is 0 Å². The quantitative estimate of drug-likeness (QED) is 0.585. The van der Waals surface area contributed by atoms with E-state index in [1.807, 2.05) is 12.1 Å². The first kappa shape index (κ1) is 26.6. The summed E-state index contributed by atoms with van der Waals surface area (Å²) < 4.78 is 19.9. The largest absolute Gasteiger partial charge is 0.493 e. The maximum atomic E-state index is 14.3. The van der Waals surface area contributed by atoms with Crippen molar-refractivity contribution in [1.29, 1.82) is 0 Å². The summed E-state index contributed by atoms with van der Waals surface area (Å²) in [6.07, 6.45) is 1.79. The maximum Gasteiger partial charge on any atom is 0.239 e. The summed E-state index contributed by atoms with van der Waals surface area (Å²) in [5, 5.41) is 17.1. The Kier molecular flexibility index (Phi) is 10.0. The van der Waals surface area contributed by atoms with Gasteiger partial charge >= 0.3 is 0 Å². The first-order valence-electron chi connectivity index (χ1n) is 12.3. The van der Waals surface area contributed by atoms with Crippen molar-refractivity contribution in [3.63, 3.8) is 0 Å². The standard InChI is InChI=1S/C27H36FN3O4/c1-3-19-7-6-8-20(11-19)16-29-17-25(32)24-14-21-12-22(28)15-23(13-21)35-10-5-4-9-27(34)31(2)18-26(33)30-24/h6-8,11-13,15,24-25,29,32H,3-5,9-10,14,16-18H2,1-2H3,(H,30,33). The van der Waals surface area contributed by atoms with Crippen molar-refractivity contribution >= 4 is 11.8 Å². The average molecular weight is 486 g/mol. The molecule has 3 rings (SSSR count). The third-order valence-electron chi connectivity index (χ3n) is 6.14. The molecule has 7 nitrogen and oxygen atoms in total. The molecule has 35 heavy (non-hydrogen) atoms. The smallest absolute Gasteiger partial charge is 0.239 e. The summed E-state index contributed by atoms with van der Waals surface area (Å²) in [4.78, 5) is 26.4. The minimum atomic E-state index is -0.933. The van der Waals surface area contributed by atoms with Gasteiger partial charge in [0.15, 0.2) is 0 Å². The van der Waals surface area contributed by atoms with Crippen LogP contribution in [0.1, 0.15) is 42.9 Å². The normalized spacial score (nSPS) is 18.7. The monoisotopic (exact) mass is 485 g/mol. The Hall–Kier alpha value is -2.97. The van der Waals surface area contributed by atoms with Gasteiger partial charge in [0, 0.05) is 32.6 Å². The van der Waals surface area contributed by atoms with Gasteiger partial charge in [-0.3, -0.25) is 9.59 Å². The molecule has 2 unspecified atom stereocenters. The molecular weight excluding hydrogens is 449 g/mol. The Morgan fingerprint density at radius 2 is 2.00 bits per heavy atom. The highest BCUT2D eigenvalue weighted by molar-refractivity contribution is 5.84. The van der Waals surface area contributed by atoms with Gasteiger partial charge in [0.25, 0.3) is 0 Å². The predicted molar refractivity (Wildman–Crippen MR) is 133 cm³/mol. The maximum absolute atomic E-state index is 14.3. The third kappa shape index (κ3) is 8.64.